The zero-order valence-corrected chi connectivity index (χ0v) is 20.2. The molecule has 0 fully saturated rings. The molecule has 2 aromatic carbocycles. The highest BCUT2D eigenvalue weighted by Gasteiger charge is 2.26. The fraction of sp³-hybridized carbons (Fsp3) is 0.409. The molecule has 176 valence electrons. The van der Waals surface area contributed by atoms with Crippen LogP contribution in [-0.2, 0) is 10.0 Å². The van der Waals surface area contributed by atoms with Crippen LogP contribution in [0.15, 0.2) is 30.3 Å². The first kappa shape index (κ1) is 25.1. The molecule has 2 aromatic rings. The lowest BCUT2D eigenvalue weighted by Crippen LogP contribution is -2.33. The van der Waals surface area contributed by atoms with Crippen molar-refractivity contribution in [2.75, 3.05) is 45.5 Å². The quantitative estimate of drug-likeness (QED) is 0.574. The highest BCUT2D eigenvalue weighted by molar-refractivity contribution is 7.92. The van der Waals surface area contributed by atoms with E-state index in [9.17, 15) is 13.2 Å². The summed E-state index contributed by atoms with van der Waals surface area (Å²) in [5.41, 5.74) is 1.13. The average Bonchev–Trinajstić information content (AvgIpc) is 2.77. The molecule has 10 heteroatoms. The van der Waals surface area contributed by atoms with E-state index in [0.717, 1.165) is 16.1 Å². The van der Waals surface area contributed by atoms with E-state index in [0.29, 0.717) is 23.0 Å². The lowest BCUT2D eigenvalue weighted by Gasteiger charge is -2.25. The molecular formula is C22H30N2O7S. The van der Waals surface area contributed by atoms with E-state index in [1.807, 2.05) is 13.0 Å². The molecule has 0 heterocycles. The van der Waals surface area contributed by atoms with Gasteiger partial charge >= 0.3 is 0 Å². The molecule has 0 aromatic heterocycles. The van der Waals surface area contributed by atoms with Crippen LogP contribution in [-0.4, -0.2) is 55.6 Å². The number of carbonyl (C=O) groups is 1. The van der Waals surface area contributed by atoms with Gasteiger partial charge in [0.25, 0.3) is 5.91 Å². The minimum Gasteiger partial charge on any atom is -0.493 e. The molecule has 0 saturated heterocycles. The number of sulfonamides is 1. The molecule has 9 nitrogen and oxygen atoms in total. The summed E-state index contributed by atoms with van der Waals surface area (Å²) in [5, 5.41) is 2.91. The number of nitrogens with one attached hydrogen (secondary N) is 1. The van der Waals surface area contributed by atoms with E-state index in [-0.39, 0.29) is 17.8 Å². The molecule has 0 aliphatic heterocycles. The van der Waals surface area contributed by atoms with Crippen LogP contribution in [0.1, 0.15) is 35.8 Å². The van der Waals surface area contributed by atoms with Crippen LogP contribution in [0.3, 0.4) is 0 Å². The molecule has 0 spiro atoms. The number of methoxy groups -OCH3 is 4. The Kier molecular flexibility index (Phi) is 8.20. The second-order valence-electron chi connectivity index (χ2n) is 6.96. The summed E-state index contributed by atoms with van der Waals surface area (Å²) in [7, 11) is 2.32. The number of nitrogens with zero attached hydrogens (tertiary/aromatic N) is 1. The van der Waals surface area contributed by atoms with Crippen molar-refractivity contribution in [1.82, 2.24) is 5.32 Å². The number of hydrogen-bond donors (Lipinski definition) is 1. The molecule has 0 aliphatic carbocycles. The Hall–Kier alpha value is -3.14. The van der Waals surface area contributed by atoms with Gasteiger partial charge in [-0.25, -0.2) is 8.42 Å². The van der Waals surface area contributed by atoms with E-state index in [2.05, 4.69) is 5.32 Å². The van der Waals surface area contributed by atoms with Crippen LogP contribution in [0.5, 0.6) is 23.0 Å². The Morgan fingerprint density at radius 1 is 0.938 bits per heavy atom. The maximum absolute atomic E-state index is 13.3. The molecule has 0 aliphatic rings. The molecule has 0 radical (unpaired) electrons. The Balaban J connectivity index is 2.50. The van der Waals surface area contributed by atoms with Crippen LogP contribution >= 0.6 is 0 Å². The van der Waals surface area contributed by atoms with Gasteiger partial charge in [0.05, 0.1) is 52.0 Å². The van der Waals surface area contributed by atoms with Gasteiger partial charge in [0.15, 0.2) is 23.0 Å². The van der Waals surface area contributed by atoms with Crippen LogP contribution in [0, 0.1) is 0 Å². The van der Waals surface area contributed by atoms with E-state index in [1.165, 1.54) is 33.5 Å². The smallest absolute Gasteiger partial charge is 0.254 e. The van der Waals surface area contributed by atoms with Crippen molar-refractivity contribution in [3.8, 4) is 23.0 Å². The standard InChI is InChI=1S/C22H30N2O7S/c1-8-24(32(7,26)27)17-13-21(31-6)20(30-5)12-16(17)22(25)23-14(2)15-9-10-18(28-3)19(11-15)29-4/h9-14H,8H2,1-7H3,(H,23,25)/t14-/m0/s1. The zero-order valence-electron chi connectivity index (χ0n) is 19.4. The first-order valence-electron chi connectivity index (χ1n) is 9.87. The molecule has 1 N–H and O–H groups in total. The number of rotatable bonds is 10. The Labute approximate surface area is 189 Å². The van der Waals surface area contributed by atoms with Crippen LogP contribution in [0.4, 0.5) is 5.69 Å². The first-order valence-corrected chi connectivity index (χ1v) is 11.7. The summed E-state index contributed by atoms with van der Waals surface area (Å²) < 4.78 is 47.1. The third-order valence-corrected chi connectivity index (χ3v) is 6.21. The lowest BCUT2D eigenvalue weighted by molar-refractivity contribution is 0.0940. The SMILES string of the molecule is CCN(c1cc(OC)c(OC)cc1C(=O)N[C@@H](C)c1ccc(OC)c(OC)c1)S(C)(=O)=O. The second kappa shape index (κ2) is 10.4. The molecule has 1 atom stereocenters. The van der Waals surface area contributed by atoms with Gasteiger partial charge in [-0.15, -0.1) is 0 Å². The van der Waals surface area contributed by atoms with Crippen molar-refractivity contribution < 1.29 is 32.2 Å². The minimum atomic E-state index is -3.64. The minimum absolute atomic E-state index is 0.139. The van der Waals surface area contributed by atoms with Crippen molar-refractivity contribution >= 4 is 21.6 Å². The van der Waals surface area contributed by atoms with Crippen LogP contribution < -0.4 is 28.6 Å². The summed E-state index contributed by atoms with van der Waals surface area (Å²) >= 11 is 0. The molecule has 0 saturated carbocycles. The van der Waals surface area contributed by atoms with E-state index < -0.39 is 22.0 Å². The van der Waals surface area contributed by atoms with Gasteiger partial charge in [-0.1, -0.05) is 6.07 Å². The van der Waals surface area contributed by atoms with Gasteiger partial charge in [-0.2, -0.15) is 0 Å². The van der Waals surface area contributed by atoms with E-state index in [1.54, 1.807) is 26.2 Å². The molecule has 32 heavy (non-hydrogen) atoms. The normalized spacial score (nSPS) is 12.0. The van der Waals surface area contributed by atoms with E-state index in [4.69, 9.17) is 18.9 Å². The van der Waals surface area contributed by atoms with Gasteiger partial charge in [0, 0.05) is 12.6 Å². The van der Waals surface area contributed by atoms with Gasteiger partial charge in [0.2, 0.25) is 10.0 Å². The Morgan fingerprint density at radius 3 is 1.97 bits per heavy atom. The van der Waals surface area contributed by atoms with E-state index >= 15 is 0 Å². The number of carbonyl (C=O) groups excluding carboxylic acids is 1. The molecule has 1 amide bonds. The van der Waals surface area contributed by atoms with Crippen LogP contribution in [0.2, 0.25) is 0 Å². The van der Waals surface area contributed by atoms with Gasteiger partial charge in [-0.3, -0.25) is 9.10 Å². The van der Waals surface area contributed by atoms with Crippen molar-refractivity contribution in [2.45, 2.75) is 19.9 Å². The highest BCUT2D eigenvalue weighted by atomic mass is 32.2. The average molecular weight is 467 g/mol. The fourth-order valence-corrected chi connectivity index (χ4v) is 4.30. The molecular weight excluding hydrogens is 436 g/mol. The largest absolute Gasteiger partial charge is 0.493 e. The zero-order chi connectivity index (χ0) is 24.1. The van der Waals surface area contributed by atoms with Crippen molar-refractivity contribution in [1.29, 1.82) is 0 Å². The van der Waals surface area contributed by atoms with Gasteiger partial charge in [0.1, 0.15) is 0 Å². The predicted octanol–water partition coefficient (Wildman–Crippen LogP) is 3.00. The monoisotopic (exact) mass is 466 g/mol. The van der Waals surface area contributed by atoms with Crippen molar-refractivity contribution in [3.05, 3.63) is 41.5 Å². The maximum Gasteiger partial charge on any atom is 0.254 e. The topological polar surface area (TPSA) is 103 Å². The summed E-state index contributed by atoms with van der Waals surface area (Å²) in [6.07, 6.45) is 1.08. The molecule has 0 unspecified atom stereocenters. The summed E-state index contributed by atoms with van der Waals surface area (Å²) in [6, 6.07) is 7.89. The van der Waals surface area contributed by atoms with Gasteiger partial charge < -0.3 is 24.3 Å². The first-order chi connectivity index (χ1) is 15.1. The Morgan fingerprint density at radius 2 is 1.47 bits per heavy atom. The number of hydrogen-bond acceptors (Lipinski definition) is 7. The fourth-order valence-electron chi connectivity index (χ4n) is 3.32. The maximum atomic E-state index is 13.3. The lowest BCUT2D eigenvalue weighted by atomic mass is 10.1. The highest BCUT2D eigenvalue weighted by Crippen LogP contribution is 2.36. The number of amides is 1. The Bertz CT molecular complexity index is 1070. The third kappa shape index (κ3) is 5.37. The molecule has 2 rings (SSSR count). The van der Waals surface area contributed by atoms with Gasteiger partial charge in [-0.05, 0) is 37.6 Å². The van der Waals surface area contributed by atoms with Crippen LogP contribution in [0.25, 0.3) is 0 Å². The predicted molar refractivity (Wildman–Crippen MR) is 123 cm³/mol. The number of benzene rings is 2. The molecule has 0 bridgehead atoms. The summed E-state index contributed by atoms with van der Waals surface area (Å²) in [6.45, 7) is 3.64. The number of ether oxygens (including phenoxy) is 4. The summed E-state index contributed by atoms with van der Waals surface area (Å²) in [4.78, 5) is 13.3. The number of anilines is 1. The third-order valence-electron chi connectivity index (χ3n) is 4.96. The second-order valence-corrected chi connectivity index (χ2v) is 8.87. The van der Waals surface area contributed by atoms with Crippen molar-refractivity contribution in [3.63, 3.8) is 0 Å². The van der Waals surface area contributed by atoms with Crippen molar-refractivity contribution in [2.24, 2.45) is 0 Å². The summed E-state index contributed by atoms with van der Waals surface area (Å²) in [5.74, 6) is 1.26.